The van der Waals surface area contributed by atoms with Crippen LogP contribution in [0, 0.1) is 5.41 Å². The zero-order valence-electron chi connectivity index (χ0n) is 18.3. The number of ether oxygens (including phenoxy) is 3. The number of methoxy groups -OCH3 is 1. The lowest BCUT2D eigenvalue weighted by Crippen LogP contribution is -2.47. The average Bonchev–Trinajstić information content (AvgIpc) is 2.80. The van der Waals surface area contributed by atoms with E-state index in [0.29, 0.717) is 13.2 Å². The van der Waals surface area contributed by atoms with Crippen LogP contribution in [0.15, 0.2) is 18.6 Å². The normalized spacial score (nSPS) is 19.9. The van der Waals surface area contributed by atoms with Gasteiger partial charge in [0.1, 0.15) is 12.4 Å². The van der Waals surface area contributed by atoms with Crippen molar-refractivity contribution in [2.75, 3.05) is 51.5 Å². The first-order valence-corrected chi connectivity index (χ1v) is 10.5. The Balaban J connectivity index is 0.000000479. The van der Waals surface area contributed by atoms with E-state index in [1.54, 1.807) is 19.5 Å². The van der Waals surface area contributed by atoms with Crippen LogP contribution < -0.4 is 10.2 Å². The molecule has 3 heterocycles. The number of anilines is 1. The number of nitrogens with zero attached hydrogens (tertiary/aromatic N) is 3. The Hall–Kier alpha value is -2.67. The minimum atomic E-state index is -5.08. The molecule has 1 spiro atoms. The molecule has 3 rings (SSSR count). The number of carbonyl (C=O) groups excluding carboxylic acids is 1. The minimum Gasteiger partial charge on any atom is -0.475 e. The van der Waals surface area contributed by atoms with E-state index >= 15 is 0 Å². The smallest absolute Gasteiger partial charge is 0.475 e. The molecule has 33 heavy (non-hydrogen) atoms. The molecule has 186 valence electrons. The second kappa shape index (κ2) is 12.5. The molecule has 0 aliphatic carbocycles. The van der Waals surface area contributed by atoms with Gasteiger partial charge in [0.05, 0.1) is 25.5 Å². The molecule has 1 aromatic rings. The Morgan fingerprint density at radius 2 is 1.97 bits per heavy atom. The summed E-state index contributed by atoms with van der Waals surface area (Å²) in [5, 5.41) is 9.89. The van der Waals surface area contributed by atoms with Crippen LogP contribution >= 0.6 is 0 Å². The SMILES string of the molecule is COCCOC(=O)NCC1CCC2(CCN(c3cnccn3)CC2)CO1.O=C(O)C(F)(F)F. The van der Waals surface area contributed by atoms with Crippen LogP contribution in [-0.4, -0.2) is 86.0 Å². The van der Waals surface area contributed by atoms with Gasteiger partial charge in [0.25, 0.3) is 0 Å². The first-order valence-electron chi connectivity index (χ1n) is 10.5. The highest BCUT2D eigenvalue weighted by Crippen LogP contribution is 2.41. The number of hydrogen-bond acceptors (Lipinski definition) is 8. The van der Waals surface area contributed by atoms with Gasteiger partial charge in [-0.3, -0.25) is 4.98 Å². The van der Waals surface area contributed by atoms with Gasteiger partial charge in [0.15, 0.2) is 0 Å². The van der Waals surface area contributed by atoms with Gasteiger partial charge in [-0.15, -0.1) is 0 Å². The number of alkyl halides is 3. The van der Waals surface area contributed by atoms with Gasteiger partial charge >= 0.3 is 18.2 Å². The molecule has 2 aliphatic rings. The molecule has 0 radical (unpaired) electrons. The molecule has 10 nitrogen and oxygen atoms in total. The van der Waals surface area contributed by atoms with Crippen LogP contribution in [-0.2, 0) is 19.0 Å². The second-order valence-corrected chi connectivity index (χ2v) is 7.83. The Morgan fingerprint density at radius 1 is 1.27 bits per heavy atom. The third-order valence-electron chi connectivity index (χ3n) is 5.56. The highest BCUT2D eigenvalue weighted by atomic mass is 19.4. The molecule has 1 unspecified atom stereocenters. The highest BCUT2D eigenvalue weighted by molar-refractivity contribution is 5.73. The van der Waals surface area contributed by atoms with E-state index in [1.807, 2.05) is 6.20 Å². The third-order valence-corrected chi connectivity index (χ3v) is 5.56. The van der Waals surface area contributed by atoms with E-state index in [9.17, 15) is 18.0 Å². The summed E-state index contributed by atoms with van der Waals surface area (Å²) in [6.07, 6.45) is 4.12. The van der Waals surface area contributed by atoms with Gasteiger partial charge in [0, 0.05) is 39.1 Å². The van der Waals surface area contributed by atoms with Crippen molar-refractivity contribution < 1.29 is 42.1 Å². The Bertz CT molecular complexity index is 735. The van der Waals surface area contributed by atoms with E-state index in [-0.39, 0.29) is 18.1 Å². The van der Waals surface area contributed by atoms with Crippen molar-refractivity contribution in [2.24, 2.45) is 5.41 Å². The van der Waals surface area contributed by atoms with Crippen LogP contribution in [0.2, 0.25) is 0 Å². The monoisotopic (exact) mass is 478 g/mol. The fraction of sp³-hybridized carbons (Fsp3) is 0.700. The van der Waals surface area contributed by atoms with Crippen LogP contribution in [0.3, 0.4) is 0 Å². The number of alkyl carbamates (subject to hydrolysis) is 1. The number of hydrogen-bond donors (Lipinski definition) is 2. The van der Waals surface area contributed by atoms with E-state index < -0.39 is 18.2 Å². The van der Waals surface area contributed by atoms with Crippen LogP contribution in [0.1, 0.15) is 25.7 Å². The standard InChI is InChI=1S/C18H28N4O4.C2HF3O2/c1-24-10-11-25-17(23)21-12-15-2-3-18(14-26-15)4-8-22(9-5-18)16-13-19-6-7-20-16;3-2(4,5)1(6)7/h6-7,13,15H,2-5,8-12,14H2,1H3,(H,21,23);(H,6,7). The predicted molar refractivity (Wildman–Crippen MR) is 110 cm³/mol. The molecule has 2 fully saturated rings. The van der Waals surface area contributed by atoms with Crippen LogP contribution in [0.4, 0.5) is 23.8 Å². The summed E-state index contributed by atoms with van der Waals surface area (Å²) in [4.78, 5) is 31.3. The molecular weight excluding hydrogens is 449 g/mol. The van der Waals surface area contributed by atoms with E-state index in [2.05, 4.69) is 20.2 Å². The lowest BCUT2D eigenvalue weighted by atomic mass is 9.73. The third kappa shape index (κ3) is 9.00. The van der Waals surface area contributed by atoms with Crippen molar-refractivity contribution in [1.29, 1.82) is 0 Å². The number of piperidine rings is 1. The fourth-order valence-corrected chi connectivity index (χ4v) is 3.60. The molecule has 1 amide bonds. The molecule has 2 N–H and O–H groups in total. The molecule has 0 aromatic carbocycles. The van der Waals surface area contributed by atoms with Gasteiger partial charge in [-0.25, -0.2) is 14.6 Å². The van der Waals surface area contributed by atoms with Crippen molar-refractivity contribution in [3.8, 4) is 0 Å². The van der Waals surface area contributed by atoms with Gasteiger partial charge in [-0.1, -0.05) is 0 Å². The number of aromatic nitrogens is 2. The van der Waals surface area contributed by atoms with E-state index in [4.69, 9.17) is 24.1 Å². The number of carboxylic acid groups (broad SMARTS) is 1. The summed E-state index contributed by atoms with van der Waals surface area (Å²) in [6.45, 7) is 3.88. The summed E-state index contributed by atoms with van der Waals surface area (Å²) in [5.41, 5.74) is 0.258. The quantitative estimate of drug-likeness (QED) is 0.593. The fourth-order valence-electron chi connectivity index (χ4n) is 3.60. The van der Waals surface area contributed by atoms with Crippen molar-refractivity contribution in [3.05, 3.63) is 18.6 Å². The Labute approximate surface area is 189 Å². The summed E-state index contributed by atoms with van der Waals surface area (Å²) in [5.74, 6) is -1.80. The number of carbonyl (C=O) groups is 2. The lowest BCUT2D eigenvalue weighted by Gasteiger charge is -2.45. The zero-order chi connectivity index (χ0) is 24.3. The number of halogens is 3. The van der Waals surface area contributed by atoms with Crippen molar-refractivity contribution >= 4 is 17.9 Å². The van der Waals surface area contributed by atoms with Crippen molar-refractivity contribution in [1.82, 2.24) is 15.3 Å². The maximum atomic E-state index is 11.6. The minimum absolute atomic E-state index is 0.0635. The average molecular weight is 478 g/mol. The number of amides is 1. The van der Waals surface area contributed by atoms with Gasteiger partial charge in [-0.2, -0.15) is 13.2 Å². The van der Waals surface area contributed by atoms with E-state index in [0.717, 1.165) is 51.2 Å². The number of aliphatic carboxylic acids is 1. The maximum Gasteiger partial charge on any atom is 0.490 e. The van der Waals surface area contributed by atoms with Gasteiger partial charge < -0.3 is 29.5 Å². The summed E-state index contributed by atoms with van der Waals surface area (Å²) < 4.78 is 47.6. The predicted octanol–water partition coefficient (Wildman–Crippen LogP) is 2.25. The molecule has 1 aromatic heterocycles. The maximum absolute atomic E-state index is 11.6. The first-order chi connectivity index (χ1) is 15.6. The van der Waals surface area contributed by atoms with Crippen molar-refractivity contribution in [2.45, 2.75) is 38.0 Å². The second-order valence-electron chi connectivity index (χ2n) is 7.83. The number of rotatable bonds is 6. The zero-order valence-corrected chi connectivity index (χ0v) is 18.3. The summed E-state index contributed by atoms with van der Waals surface area (Å²) >= 11 is 0. The summed E-state index contributed by atoms with van der Waals surface area (Å²) in [6, 6.07) is 0. The lowest BCUT2D eigenvalue weighted by molar-refractivity contribution is -0.192. The number of nitrogens with one attached hydrogen (secondary N) is 1. The molecule has 0 bridgehead atoms. The van der Waals surface area contributed by atoms with Crippen LogP contribution in [0.5, 0.6) is 0 Å². The molecular formula is C20H29F3N4O6. The Morgan fingerprint density at radius 3 is 2.48 bits per heavy atom. The first kappa shape index (κ1) is 26.6. The molecule has 2 saturated heterocycles. The molecule has 2 aliphatic heterocycles. The molecule has 13 heteroatoms. The van der Waals surface area contributed by atoms with Crippen LogP contribution in [0.25, 0.3) is 0 Å². The van der Waals surface area contributed by atoms with Gasteiger partial charge in [-0.05, 0) is 31.1 Å². The largest absolute Gasteiger partial charge is 0.490 e. The highest BCUT2D eigenvalue weighted by Gasteiger charge is 2.39. The van der Waals surface area contributed by atoms with E-state index in [1.165, 1.54) is 0 Å². The summed E-state index contributed by atoms with van der Waals surface area (Å²) in [7, 11) is 1.57. The van der Waals surface area contributed by atoms with Gasteiger partial charge in [0.2, 0.25) is 0 Å². The molecule has 0 saturated carbocycles. The topological polar surface area (TPSA) is 123 Å². The van der Waals surface area contributed by atoms with Crippen molar-refractivity contribution in [3.63, 3.8) is 0 Å². The molecule has 1 atom stereocenters. The number of carboxylic acids is 1. The Kier molecular flexibility index (Phi) is 10.1.